The van der Waals surface area contributed by atoms with Crippen molar-refractivity contribution in [1.82, 2.24) is 4.90 Å². The molecule has 0 saturated carbocycles. The number of aromatic carboxylic acids is 1. The Hall–Kier alpha value is -1.35. The topological polar surface area (TPSA) is 40.5 Å². The first-order valence-electron chi connectivity index (χ1n) is 6.64. The van der Waals surface area contributed by atoms with Crippen molar-refractivity contribution < 1.29 is 9.90 Å². The molecule has 1 aliphatic heterocycles. The van der Waals surface area contributed by atoms with Crippen molar-refractivity contribution in [1.29, 1.82) is 0 Å². The summed E-state index contributed by atoms with van der Waals surface area (Å²) in [5.41, 5.74) is 2.70. The molecule has 3 heteroatoms. The van der Waals surface area contributed by atoms with E-state index >= 15 is 0 Å². The minimum absolute atomic E-state index is 0.482. The first-order valence-corrected chi connectivity index (χ1v) is 6.64. The molecule has 2 rings (SSSR count). The van der Waals surface area contributed by atoms with E-state index in [4.69, 9.17) is 5.11 Å². The predicted molar refractivity (Wildman–Crippen MR) is 71.8 cm³/mol. The van der Waals surface area contributed by atoms with Crippen LogP contribution in [0.2, 0.25) is 0 Å². The average molecular weight is 247 g/mol. The van der Waals surface area contributed by atoms with Gasteiger partial charge in [-0.1, -0.05) is 26.0 Å². The fourth-order valence-electron chi connectivity index (χ4n) is 2.50. The minimum Gasteiger partial charge on any atom is -0.478 e. The van der Waals surface area contributed by atoms with Gasteiger partial charge in [0.2, 0.25) is 0 Å². The Balaban J connectivity index is 2.11. The Bertz CT molecular complexity index is 440. The highest BCUT2D eigenvalue weighted by molar-refractivity contribution is 5.89. The number of carboxylic acids is 1. The Morgan fingerprint density at radius 2 is 2.22 bits per heavy atom. The van der Waals surface area contributed by atoms with Gasteiger partial charge in [0.15, 0.2) is 0 Å². The number of fused-ring (bicyclic) bond motifs is 1. The summed E-state index contributed by atoms with van der Waals surface area (Å²) in [7, 11) is 0. The maximum Gasteiger partial charge on any atom is 0.335 e. The van der Waals surface area contributed by atoms with Gasteiger partial charge in [0, 0.05) is 13.1 Å². The second-order valence-corrected chi connectivity index (χ2v) is 5.46. The van der Waals surface area contributed by atoms with E-state index in [1.807, 2.05) is 6.07 Å². The molecule has 1 heterocycles. The van der Waals surface area contributed by atoms with E-state index in [0.717, 1.165) is 37.5 Å². The Morgan fingerprint density at radius 3 is 2.89 bits per heavy atom. The highest BCUT2D eigenvalue weighted by atomic mass is 16.4. The molecule has 0 aliphatic carbocycles. The van der Waals surface area contributed by atoms with E-state index in [1.54, 1.807) is 6.07 Å². The third kappa shape index (κ3) is 2.91. The molecule has 98 valence electrons. The van der Waals surface area contributed by atoms with Crippen LogP contribution in [0.1, 0.15) is 41.8 Å². The van der Waals surface area contributed by atoms with Crippen LogP contribution in [-0.4, -0.2) is 29.1 Å². The molecule has 0 atom stereocenters. The zero-order valence-electron chi connectivity index (χ0n) is 11.1. The third-order valence-electron chi connectivity index (χ3n) is 3.60. The first kappa shape index (κ1) is 13.1. The summed E-state index contributed by atoms with van der Waals surface area (Å²) in [4.78, 5) is 13.6. The zero-order valence-corrected chi connectivity index (χ0v) is 11.1. The molecule has 1 aromatic rings. The molecule has 3 nitrogen and oxygen atoms in total. The molecule has 0 aromatic heterocycles. The molecule has 1 N–H and O–H groups in total. The number of carbonyl (C=O) groups is 1. The van der Waals surface area contributed by atoms with Gasteiger partial charge in [-0.2, -0.15) is 0 Å². The van der Waals surface area contributed by atoms with Gasteiger partial charge in [0.1, 0.15) is 0 Å². The molecule has 0 amide bonds. The van der Waals surface area contributed by atoms with Gasteiger partial charge in [-0.3, -0.25) is 4.90 Å². The lowest BCUT2D eigenvalue weighted by molar-refractivity contribution is 0.0694. The normalized spacial score (nSPS) is 15.7. The first-order chi connectivity index (χ1) is 8.58. The van der Waals surface area contributed by atoms with Crippen molar-refractivity contribution in [2.75, 3.05) is 13.1 Å². The van der Waals surface area contributed by atoms with E-state index in [0.29, 0.717) is 5.56 Å². The molecular weight excluding hydrogens is 226 g/mol. The molecule has 0 fully saturated rings. The highest BCUT2D eigenvalue weighted by Gasteiger charge is 2.20. The number of nitrogens with zero attached hydrogens (tertiary/aromatic N) is 1. The van der Waals surface area contributed by atoms with Crippen LogP contribution in [0, 0.1) is 5.92 Å². The number of hydrogen-bond acceptors (Lipinski definition) is 2. The molecular formula is C15H21NO2. The van der Waals surface area contributed by atoms with Crippen LogP contribution < -0.4 is 0 Å². The van der Waals surface area contributed by atoms with Crippen LogP contribution in [0.3, 0.4) is 0 Å². The van der Waals surface area contributed by atoms with Gasteiger partial charge >= 0.3 is 5.97 Å². The fraction of sp³-hybridized carbons (Fsp3) is 0.533. The predicted octanol–water partition coefficient (Wildman–Crippen LogP) is 2.79. The molecule has 0 bridgehead atoms. The van der Waals surface area contributed by atoms with Crippen LogP contribution >= 0.6 is 0 Å². The Labute approximate surface area is 108 Å². The standard InChI is InChI=1S/C15H21NO2/c1-11(2)6-8-16-9-7-13-12(10-16)4-3-5-14(13)15(17)18/h3-5,11H,6-10H2,1-2H3,(H,17,18). The molecule has 0 unspecified atom stereocenters. The van der Waals surface area contributed by atoms with Crippen molar-refractivity contribution in [3.05, 3.63) is 34.9 Å². The average Bonchev–Trinajstić information content (AvgIpc) is 2.35. The minimum atomic E-state index is -0.803. The van der Waals surface area contributed by atoms with Crippen molar-refractivity contribution in [3.63, 3.8) is 0 Å². The lowest BCUT2D eigenvalue weighted by Gasteiger charge is -2.30. The molecule has 0 radical (unpaired) electrons. The fourth-order valence-corrected chi connectivity index (χ4v) is 2.50. The maximum absolute atomic E-state index is 11.2. The summed E-state index contributed by atoms with van der Waals surface area (Å²) in [5, 5.41) is 9.17. The molecule has 1 aliphatic rings. The summed E-state index contributed by atoms with van der Waals surface area (Å²) in [6.45, 7) is 7.45. The third-order valence-corrected chi connectivity index (χ3v) is 3.60. The lowest BCUT2D eigenvalue weighted by atomic mass is 9.94. The van der Waals surface area contributed by atoms with Crippen molar-refractivity contribution in [3.8, 4) is 0 Å². The summed E-state index contributed by atoms with van der Waals surface area (Å²) >= 11 is 0. The van der Waals surface area contributed by atoms with E-state index in [9.17, 15) is 4.79 Å². The quantitative estimate of drug-likeness (QED) is 0.889. The van der Waals surface area contributed by atoms with E-state index in [2.05, 4.69) is 24.8 Å². The van der Waals surface area contributed by atoms with E-state index in [1.165, 1.54) is 12.0 Å². The second kappa shape index (κ2) is 5.53. The maximum atomic E-state index is 11.2. The van der Waals surface area contributed by atoms with Crippen LogP contribution in [-0.2, 0) is 13.0 Å². The summed E-state index contributed by atoms with van der Waals surface area (Å²) in [6.07, 6.45) is 2.06. The van der Waals surface area contributed by atoms with Crippen LogP contribution in [0.5, 0.6) is 0 Å². The highest BCUT2D eigenvalue weighted by Crippen LogP contribution is 2.23. The number of carboxylic acid groups (broad SMARTS) is 1. The number of rotatable bonds is 4. The van der Waals surface area contributed by atoms with Gasteiger partial charge in [0.05, 0.1) is 5.56 Å². The number of hydrogen-bond donors (Lipinski definition) is 1. The monoisotopic (exact) mass is 247 g/mol. The lowest BCUT2D eigenvalue weighted by Crippen LogP contribution is -2.32. The largest absolute Gasteiger partial charge is 0.478 e. The molecule has 18 heavy (non-hydrogen) atoms. The SMILES string of the molecule is CC(C)CCN1CCc2c(cccc2C(=O)O)C1. The van der Waals surface area contributed by atoms with Crippen LogP contribution in [0.15, 0.2) is 18.2 Å². The molecule has 0 saturated heterocycles. The summed E-state index contributed by atoms with van der Waals surface area (Å²) in [6, 6.07) is 5.63. The second-order valence-electron chi connectivity index (χ2n) is 5.46. The van der Waals surface area contributed by atoms with Crippen LogP contribution in [0.25, 0.3) is 0 Å². The smallest absolute Gasteiger partial charge is 0.335 e. The van der Waals surface area contributed by atoms with Gasteiger partial charge in [-0.05, 0) is 42.5 Å². The Kier molecular flexibility index (Phi) is 4.02. The Morgan fingerprint density at radius 1 is 1.44 bits per heavy atom. The van der Waals surface area contributed by atoms with Gasteiger partial charge < -0.3 is 5.11 Å². The summed E-state index contributed by atoms with van der Waals surface area (Å²) in [5.74, 6) is -0.0840. The summed E-state index contributed by atoms with van der Waals surface area (Å²) < 4.78 is 0. The van der Waals surface area contributed by atoms with E-state index in [-0.39, 0.29) is 0 Å². The number of benzene rings is 1. The van der Waals surface area contributed by atoms with E-state index < -0.39 is 5.97 Å². The molecule has 0 spiro atoms. The molecule has 1 aromatic carbocycles. The van der Waals surface area contributed by atoms with Crippen molar-refractivity contribution in [2.45, 2.75) is 33.2 Å². The van der Waals surface area contributed by atoms with Crippen molar-refractivity contribution >= 4 is 5.97 Å². The van der Waals surface area contributed by atoms with Crippen LogP contribution in [0.4, 0.5) is 0 Å². The van der Waals surface area contributed by atoms with Gasteiger partial charge in [-0.15, -0.1) is 0 Å². The van der Waals surface area contributed by atoms with Gasteiger partial charge in [0.25, 0.3) is 0 Å². The van der Waals surface area contributed by atoms with Crippen molar-refractivity contribution in [2.24, 2.45) is 5.92 Å². The van der Waals surface area contributed by atoms with Gasteiger partial charge in [-0.25, -0.2) is 4.79 Å². The zero-order chi connectivity index (χ0) is 13.1.